The number of hydrogen-bond donors (Lipinski definition) is 2. The van der Waals surface area contributed by atoms with Crippen molar-refractivity contribution in [1.29, 1.82) is 0 Å². The standard InChI is InChI=1S/C10H6FN3O5/c11-5-1-2-6(7(3-5)14(18)19)13-4-8(15)9(12-13)10(16)17/h1-4,15H,(H,16,17). The van der Waals surface area contributed by atoms with Crippen LogP contribution in [0.2, 0.25) is 0 Å². The van der Waals surface area contributed by atoms with Crippen molar-refractivity contribution in [3.05, 3.63) is 46.0 Å². The SMILES string of the molecule is O=C(O)c1nn(-c2ccc(F)cc2[N+](=O)[O-])cc1O. The lowest BCUT2D eigenvalue weighted by Crippen LogP contribution is -2.04. The molecule has 0 saturated heterocycles. The van der Waals surface area contributed by atoms with E-state index < -0.39 is 33.8 Å². The summed E-state index contributed by atoms with van der Waals surface area (Å²) in [5.41, 5.74) is -1.41. The Balaban J connectivity index is 2.62. The molecular formula is C10H6FN3O5. The third-order valence-corrected chi connectivity index (χ3v) is 2.28. The summed E-state index contributed by atoms with van der Waals surface area (Å²) < 4.78 is 13.8. The summed E-state index contributed by atoms with van der Waals surface area (Å²) in [4.78, 5) is 20.7. The number of nitro groups is 1. The first-order chi connectivity index (χ1) is 8.90. The molecule has 1 aromatic carbocycles. The highest BCUT2D eigenvalue weighted by molar-refractivity contribution is 5.88. The summed E-state index contributed by atoms with van der Waals surface area (Å²) in [6.45, 7) is 0. The van der Waals surface area contributed by atoms with E-state index in [9.17, 15) is 24.4 Å². The van der Waals surface area contributed by atoms with Crippen LogP contribution in [0.4, 0.5) is 10.1 Å². The van der Waals surface area contributed by atoms with Crippen LogP contribution in [-0.2, 0) is 0 Å². The number of nitrogens with zero attached hydrogens (tertiary/aromatic N) is 3. The first-order valence-corrected chi connectivity index (χ1v) is 4.86. The first kappa shape index (κ1) is 12.5. The number of carboxylic acids is 1. The molecule has 1 heterocycles. The zero-order chi connectivity index (χ0) is 14.2. The summed E-state index contributed by atoms with van der Waals surface area (Å²) in [6, 6.07) is 2.70. The molecule has 8 nitrogen and oxygen atoms in total. The third-order valence-electron chi connectivity index (χ3n) is 2.28. The lowest BCUT2D eigenvalue weighted by Gasteiger charge is -2.02. The van der Waals surface area contributed by atoms with Gasteiger partial charge in [0.2, 0.25) is 5.69 Å². The number of halogens is 1. The fourth-order valence-corrected chi connectivity index (χ4v) is 1.48. The van der Waals surface area contributed by atoms with Crippen molar-refractivity contribution in [2.24, 2.45) is 0 Å². The van der Waals surface area contributed by atoms with Crippen LogP contribution in [-0.4, -0.2) is 30.9 Å². The van der Waals surface area contributed by atoms with Crippen molar-refractivity contribution in [3.8, 4) is 11.4 Å². The molecule has 0 bridgehead atoms. The fourth-order valence-electron chi connectivity index (χ4n) is 1.48. The van der Waals surface area contributed by atoms with Crippen LogP contribution in [0.3, 0.4) is 0 Å². The van der Waals surface area contributed by atoms with Crippen LogP contribution in [0, 0.1) is 15.9 Å². The van der Waals surface area contributed by atoms with Gasteiger partial charge in [0.05, 0.1) is 17.2 Å². The van der Waals surface area contributed by atoms with Gasteiger partial charge in [0.25, 0.3) is 5.69 Å². The Morgan fingerprint density at radius 3 is 2.68 bits per heavy atom. The van der Waals surface area contributed by atoms with Gasteiger partial charge in [-0.05, 0) is 12.1 Å². The zero-order valence-corrected chi connectivity index (χ0v) is 9.15. The van der Waals surface area contributed by atoms with E-state index in [0.717, 1.165) is 23.0 Å². The van der Waals surface area contributed by atoms with Crippen molar-refractivity contribution < 1.29 is 24.3 Å². The predicted molar refractivity (Wildman–Crippen MR) is 58.8 cm³/mol. The van der Waals surface area contributed by atoms with Gasteiger partial charge >= 0.3 is 5.97 Å². The highest BCUT2D eigenvalue weighted by Crippen LogP contribution is 2.26. The molecule has 0 spiro atoms. The van der Waals surface area contributed by atoms with E-state index in [1.54, 1.807) is 0 Å². The maximum absolute atomic E-state index is 13.0. The van der Waals surface area contributed by atoms with Crippen LogP contribution in [0.5, 0.6) is 5.75 Å². The van der Waals surface area contributed by atoms with Crippen LogP contribution < -0.4 is 0 Å². The minimum absolute atomic E-state index is 0.158. The minimum Gasteiger partial charge on any atom is -0.504 e. The summed E-state index contributed by atoms with van der Waals surface area (Å²) in [5.74, 6) is -2.95. The molecule has 1 aromatic heterocycles. The number of carbonyl (C=O) groups is 1. The molecule has 0 fully saturated rings. The van der Waals surface area contributed by atoms with Crippen molar-refractivity contribution in [3.63, 3.8) is 0 Å². The lowest BCUT2D eigenvalue weighted by atomic mass is 10.2. The van der Waals surface area contributed by atoms with Gasteiger partial charge in [0, 0.05) is 0 Å². The van der Waals surface area contributed by atoms with Gasteiger partial charge in [-0.3, -0.25) is 10.1 Å². The Bertz CT molecular complexity index is 682. The Morgan fingerprint density at radius 2 is 2.16 bits per heavy atom. The van der Waals surface area contributed by atoms with E-state index in [4.69, 9.17) is 5.11 Å². The Morgan fingerprint density at radius 1 is 1.47 bits per heavy atom. The molecule has 19 heavy (non-hydrogen) atoms. The Kier molecular flexibility index (Phi) is 2.87. The number of aromatic hydroxyl groups is 1. The molecule has 0 aliphatic rings. The number of aromatic carboxylic acids is 1. The van der Waals surface area contributed by atoms with Crippen molar-refractivity contribution in [2.45, 2.75) is 0 Å². The van der Waals surface area contributed by atoms with Gasteiger partial charge in [-0.2, -0.15) is 5.10 Å². The molecule has 0 radical (unpaired) electrons. The maximum atomic E-state index is 13.0. The molecule has 2 rings (SSSR count). The van der Waals surface area contributed by atoms with E-state index >= 15 is 0 Å². The van der Waals surface area contributed by atoms with Crippen LogP contribution in [0.15, 0.2) is 24.4 Å². The van der Waals surface area contributed by atoms with Crippen LogP contribution in [0.25, 0.3) is 5.69 Å². The van der Waals surface area contributed by atoms with Crippen molar-refractivity contribution in [1.82, 2.24) is 9.78 Å². The smallest absolute Gasteiger partial charge is 0.360 e. The molecule has 0 aliphatic carbocycles. The van der Waals surface area contributed by atoms with Gasteiger partial charge in [0.15, 0.2) is 5.75 Å². The summed E-state index contributed by atoms with van der Waals surface area (Å²) in [5, 5.41) is 32.3. The van der Waals surface area contributed by atoms with Crippen molar-refractivity contribution in [2.75, 3.05) is 0 Å². The van der Waals surface area contributed by atoms with Gasteiger partial charge < -0.3 is 10.2 Å². The maximum Gasteiger partial charge on any atom is 0.360 e. The number of hydrogen-bond acceptors (Lipinski definition) is 5. The van der Waals surface area contributed by atoms with Crippen molar-refractivity contribution >= 4 is 11.7 Å². The molecule has 2 N–H and O–H groups in total. The second-order valence-electron chi connectivity index (χ2n) is 3.50. The second kappa shape index (κ2) is 4.37. The molecular weight excluding hydrogens is 261 g/mol. The monoisotopic (exact) mass is 267 g/mol. The molecule has 0 saturated carbocycles. The fraction of sp³-hybridized carbons (Fsp3) is 0. The normalized spacial score (nSPS) is 10.4. The van der Waals surface area contributed by atoms with Crippen LogP contribution >= 0.6 is 0 Å². The molecule has 98 valence electrons. The Labute approximate surface area is 104 Å². The predicted octanol–water partition coefficient (Wildman–Crippen LogP) is 1.32. The molecule has 9 heteroatoms. The van der Waals surface area contributed by atoms with Gasteiger partial charge in [0.1, 0.15) is 11.5 Å². The lowest BCUT2D eigenvalue weighted by molar-refractivity contribution is -0.384. The average molecular weight is 267 g/mol. The quantitative estimate of drug-likeness (QED) is 0.639. The molecule has 2 aromatic rings. The average Bonchev–Trinajstić information content (AvgIpc) is 2.71. The molecule has 0 atom stereocenters. The first-order valence-electron chi connectivity index (χ1n) is 4.86. The van der Waals surface area contributed by atoms with Crippen LogP contribution in [0.1, 0.15) is 10.5 Å². The topological polar surface area (TPSA) is 118 Å². The molecule has 0 unspecified atom stereocenters. The number of rotatable bonds is 3. The number of aromatic nitrogens is 2. The van der Waals surface area contributed by atoms with E-state index in [1.165, 1.54) is 0 Å². The van der Waals surface area contributed by atoms with Gasteiger partial charge in [-0.25, -0.2) is 13.9 Å². The number of benzene rings is 1. The van der Waals surface area contributed by atoms with E-state index in [1.807, 2.05) is 0 Å². The largest absolute Gasteiger partial charge is 0.504 e. The zero-order valence-electron chi connectivity index (χ0n) is 9.15. The van der Waals surface area contributed by atoms with E-state index in [2.05, 4.69) is 5.10 Å². The number of carboxylic acid groups (broad SMARTS) is 1. The highest BCUT2D eigenvalue weighted by atomic mass is 19.1. The number of nitro benzene ring substituents is 1. The Hall–Kier alpha value is -2.97. The third kappa shape index (κ3) is 2.20. The summed E-state index contributed by atoms with van der Waals surface area (Å²) in [7, 11) is 0. The summed E-state index contributed by atoms with van der Waals surface area (Å²) >= 11 is 0. The van der Waals surface area contributed by atoms with E-state index in [-0.39, 0.29) is 5.69 Å². The van der Waals surface area contributed by atoms with Gasteiger partial charge in [-0.15, -0.1) is 0 Å². The second-order valence-corrected chi connectivity index (χ2v) is 3.50. The summed E-state index contributed by atoms with van der Waals surface area (Å²) in [6.07, 6.45) is 0.893. The molecule has 0 amide bonds. The van der Waals surface area contributed by atoms with Gasteiger partial charge in [-0.1, -0.05) is 0 Å². The minimum atomic E-state index is -1.49. The molecule has 0 aliphatic heterocycles. The van der Waals surface area contributed by atoms with E-state index in [0.29, 0.717) is 6.07 Å². The highest BCUT2D eigenvalue weighted by Gasteiger charge is 2.21.